The third-order valence-electron chi connectivity index (χ3n) is 5.25. The van der Waals surface area contributed by atoms with Gasteiger partial charge in [0.1, 0.15) is 0 Å². The van der Waals surface area contributed by atoms with E-state index in [4.69, 9.17) is 0 Å². The summed E-state index contributed by atoms with van der Waals surface area (Å²) in [5.74, 6) is 0.223. The topological polar surface area (TPSA) is 63.9 Å². The lowest BCUT2D eigenvalue weighted by atomic mass is 9.86. The number of rotatable bonds is 6. The summed E-state index contributed by atoms with van der Waals surface area (Å²) < 4.78 is 0. The first-order chi connectivity index (χ1) is 12.2. The van der Waals surface area contributed by atoms with E-state index in [1.54, 1.807) is 0 Å². The summed E-state index contributed by atoms with van der Waals surface area (Å²) in [6.07, 6.45) is 0.494. The first-order valence-electron chi connectivity index (χ1n) is 9.01. The average molecular weight is 341 g/mol. The standard InChI is InChI=1S/C21H27NO3/c23-15-19(24)20(16-7-3-1-4-8-16)22-13-11-18(12-14-22)21(25)17-9-5-2-6-10-17/h1-10,18-21,23-25H,11-15H2. The first kappa shape index (κ1) is 18.1. The maximum atomic E-state index is 10.6. The zero-order valence-electron chi connectivity index (χ0n) is 14.4. The summed E-state index contributed by atoms with van der Waals surface area (Å²) >= 11 is 0. The van der Waals surface area contributed by atoms with Gasteiger partial charge in [0.25, 0.3) is 0 Å². The van der Waals surface area contributed by atoms with Crippen molar-refractivity contribution in [3.8, 4) is 0 Å². The van der Waals surface area contributed by atoms with Crippen molar-refractivity contribution in [3.05, 3.63) is 71.8 Å². The lowest BCUT2D eigenvalue weighted by Crippen LogP contribution is -2.43. The van der Waals surface area contributed by atoms with Gasteiger partial charge in [-0.25, -0.2) is 0 Å². The van der Waals surface area contributed by atoms with Crippen molar-refractivity contribution < 1.29 is 15.3 Å². The predicted octanol–water partition coefficient (Wildman–Crippen LogP) is 2.53. The Morgan fingerprint density at radius 3 is 1.88 bits per heavy atom. The van der Waals surface area contributed by atoms with Crippen molar-refractivity contribution in [1.29, 1.82) is 0 Å². The number of nitrogens with zero attached hydrogens (tertiary/aromatic N) is 1. The van der Waals surface area contributed by atoms with Crippen molar-refractivity contribution in [2.75, 3.05) is 19.7 Å². The minimum Gasteiger partial charge on any atom is -0.394 e. The summed E-state index contributed by atoms with van der Waals surface area (Å²) in [7, 11) is 0. The van der Waals surface area contributed by atoms with Gasteiger partial charge in [-0.1, -0.05) is 60.7 Å². The van der Waals surface area contributed by atoms with Gasteiger partial charge >= 0.3 is 0 Å². The quantitative estimate of drug-likeness (QED) is 0.755. The zero-order chi connectivity index (χ0) is 17.6. The Hall–Kier alpha value is -1.72. The molecule has 1 fully saturated rings. The van der Waals surface area contributed by atoms with Crippen LogP contribution in [0, 0.1) is 5.92 Å². The Kier molecular flexibility index (Phi) is 6.21. The lowest BCUT2D eigenvalue weighted by Gasteiger charge is -2.40. The van der Waals surface area contributed by atoms with Gasteiger partial charge in [0, 0.05) is 0 Å². The van der Waals surface area contributed by atoms with E-state index in [0.717, 1.165) is 37.1 Å². The Balaban J connectivity index is 1.67. The highest BCUT2D eigenvalue weighted by atomic mass is 16.3. The van der Waals surface area contributed by atoms with E-state index in [1.807, 2.05) is 60.7 Å². The third kappa shape index (κ3) is 4.28. The number of piperidine rings is 1. The largest absolute Gasteiger partial charge is 0.394 e. The fourth-order valence-electron chi connectivity index (χ4n) is 3.86. The summed E-state index contributed by atoms with van der Waals surface area (Å²) in [6.45, 7) is 1.34. The molecule has 1 aliphatic heterocycles. The number of benzene rings is 2. The van der Waals surface area contributed by atoms with Gasteiger partial charge in [-0.2, -0.15) is 0 Å². The molecule has 1 saturated heterocycles. The molecular formula is C21H27NO3. The van der Waals surface area contributed by atoms with E-state index >= 15 is 0 Å². The molecule has 0 amide bonds. The minimum absolute atomic E-state index is 0.207. The fraction of sp³-hybridized carbons (Fsp3) is 0.429. The van der Waals surface area contributed by atoms with Crippen LogP contribution in [-0.4, -0.2) is 46.0 Å². The molecule has 0 bridgehead atoms. The van der Waals surface area contributed by atoms with Crippen LogP contribution < -0.4 is 0 Å². The highest BCUT2D eigenvalue weighted by molar-refractivity contribution is 5.21. The van der Waals surface area contributed by atoms with Crippen molar-refractivity contribution in [2.24, 2.45) is 5.92 Å². The van der Waals surface area contributed by atoms with Crippen LogP contribution in [0.2, 0.25) is 0 Å². The molecule has 3 unspecified atom stereocenters. The van der Waals surface area contributed by atoms with Gasteiger partial charge in [0.15, 0.2) is 0 Å². The molecule has 3 N–H and O–H groups in total. The van der Waals surface area contributed by atoms with Crippen LogP contribution in [0.25, 0.3) is 0 Å². The van der Waals surface area contributed by atoms with Crippen LogP contribution >= 0.6 is 0 Å². The lowest BCUT2D eigenvalue weighted by molar-refractivity contribution is -0.0171. The van der Waals surface area contributed by atoms with E-state index in [1.165, 1.54) is 0 Å². The number of hydrogen-bond acceptors (Lipinski definition) is 4. The van der Waals surface area contributed by atoms with Gasteiger partial charge in [-0.3, -0.25) is 4.90 Å². The van der Waals surface area contributed by atoms with Crippen molar-refractivity contribution in [2.45, 2.75) is 31.1 Å². The molecule has 2 aromatic rings. The zero-order valence-corrected chi connectivity index (χ0v) is 14.4. The number of hydrogen-bond donors (Lipinski definition) is 3. The molecule has 4 heteroatoms. The highest BCUT2D eigenvalue weighted by Gasteiger charge is 2.33. The molecule has 1 heterocycles. The van der Waals surface area contributed by atoms with Crippen molar-refractivity contribution in [1.82, 2.24) is 4.90 Å². The summed E-state index contributed by atoms with van der Waals surface area (Å²) in [6, 6.07) is 19.5. The SMILES string of the molecule is OCC(O)C(c1ccccc1)N1CCC(C(O)c2ccccc2)CC1. The summed E-state index contributed by atoms with van der Waals surface area (Å²) in [5.41, 5.74) is 1.99. The monoisotopic (exact) mass is 341 g/mol. The van der Waals surface area contributed by atoms with Gasteiger partial charge in [-0.15, -0.1) is 0 Å². The second-order valence-electron chi connectivity index (χ2n) is 6.83. The predicted molar refractivity (Wildman–Crippen MR) is 98.0 cm³/mol. The van der Waals surface area contributed by atoms with Crippen molar-refractivity contribution >= 4 is 0 Å². The fourth-order valence-corrected chi connectivity index (χ4v) is 3.86. The molecule has 4 nitrogen and oxygen atoms in total. The summed E-state index contributed by atoms with van der Waals surface area (Å²) in [5, 5.41) is 30.4. The second-order valence-corrected chi connectivity index (χ2v) is 6.83. The van der Waals surface area contributed by atoms with Gasteiger partial charge in [-0.05, 0) is 43.0 Å². The molecule has 3 rings (SSSR count). The maximum absolute atomic E-state index is 10.6. The van der Waals surface area contributed by atoms with Crippen LogP contribution in [0.5, 0.6) is 0 Å². The second kappa shape index (κ2) is 8.59. The number of aliphatic hydroxyl groups is 3. The molecular weight excluding hydrogens is 314 g/mol. The van der Waals surface area contributed by atoms with Gasteiger partial charge in [0.05, 0.1) is 24.9 Å². The van der Waals surface area contributed by atoms with E-state index < -0.39 is 12.2 Å². The molecule has 1 aliphatic rings. The van der Waals surface area contributed by atoms with Crippen LogP contribution in [0.3, 0.4) is 0 Å². The molecule has 134 valence electrons. The summed E-state index contributed by atoms with van der Waals surface area (Å²) in [4.78, 5) is 2.23. The van der Waals surface area contributed by atoms with Crippen LogP contribution in [0.1, 0.15) is 36.1 Å². The van der Waals surface area contributed by atoms with E-state index in [-0.39, 0.29) is 18.6 Å². The molecule has 2 aromatic carbocycles. The molecule has 0 radical (unpaired) electrons. The molecule has 0 spiro atoms. The first-order valence-corrected chi connectivity index (χ1v) is 9.01. The average Bonchev–Trinajstić information content (AvgIpc) is 2.69. The molecule has 0 aromatic heterocycles. The van der Waals surface area contributed by atoms with Crippen LogP contribution in [0.15, 0.2) is 60.7 Å². The number of aliphatic hydroxyl groups excluding tert-OH is 3. The number of likely N-dealkylation sites (tertiary alicyclic amines) is 1. The van der Waals surface area contributed by atoms with Crippen LogP contribution in [0.4, 0.5) is 0 Å². The van der Waals surface area contributed by atoms with E-state index in [2.05, 4.69) is 4.90 Å². The van der Waals surface area contributed by atoms with E-state index in [0.29, 0.717) is 0 Å². The maximum Gasteiger partial charge on any atom is 0.0967 e. The third-order valence-corrected chi connectivity index (χ3v) is 5.25. The van der Waals surface area contributed by atoms with Gasteiger partial charge < -0.3 is 15.3 Å². The smallest absolute Gasteiger partial charge is 0.0967 e. The van der Waals surface area contributed by atoms with Gasteiger partial charge in [0.2, 0.25) is 0 Å². The Bertz CT molecular complexity index is 626. The Morgan fingerprint density at radius 2 is 1.36 bits per heavy atom. The highest BCUT2D eigenvalue weighted by Crippen LogP contribution is 2.34. The normalized spacial score (nSPS) is 20.1. The van der Waals surface area contributed by atoms with E-state index in [9.17, 15) is 15.3 Å². The molecule has 3 atom stereocenters. The Labute approximate surface area is 149 Å². The molecule has 0 aliphatic carbocycles. The molecule has 25 heavy (non-hydrogen) atoms. The van der Waals surface area contributed by atoms with Crippen LogP contribution in [-0.2, 0) is 0 Å². The minimum atomic E-state index is -0.807. The molecule has 0 saturated carbocycles. The Morgan fingerprint density at radius 1 is 0.840 bits per heavy atom. The van der Waals surface area contributed by atoms with Crippen molar-refractivity contribution in [3.63, 3.8) is 0 Å².